The number of methoxy groups -OCH3 is 1. The molecule has 0 bridgehead atoms. The highest BCUT2D eigenvalue weighted by Crippen LogP contribution is 2.30. The normalized spacial score (nSPS) is 12.4. The molecule has 0 amide bonds. The first-order valence-electron chi connectivity index (χ1n) is 4.36. The summed E-state index contributed by atoms with van der Waals surface area (Å²) in [4.78, 5) is 12.0. The lowest BCUT2D eigenvalue weighted by atomic mass is 10.2. The van der Waals surface area contributed by atoms with Gasteiger partial charge in [-0.05, 0) is 0 Å². The number of aliphatic hydroxyl groups excluding tert-OH is 1. The Morgan fingerprint density at radius 1 is 1.38 bits per heavy atom. The van der Waals surface area contributed by atoms with E-state index in [9.17, 15) is 5.11 Å². The van der Waals surface area contributed by atoms with E-state index in [1.54, 1.807) is 0 Å². The Labute approximate surface area is 101 Å². The number of rotatable bonds is 3. The largest absolute Gasteiger partial charge is 0.480 e. The Hall–Kier alpha value is -1.24. The number of halogens is 1. The van der Waals surface area contributed by atoms with Crippen LogP contribution in [0.1, 0.15) is 16.8 Å². The summed E-state index contributed by atoms with van der Waals surface area (Å²) in [6, 6.07) is 0. The summed E-state index contributed by atoms with van der Waals surface area (Å²) in [5, 5.41) is 10.5. The predicted octanol–water partition coefficient (Wildman–Crippen LogP) is 1.68. The van der Waals surface area contributed by atoms with Crippen molar-refractivity contribution < 1.29 is 9.84 Å². The lowest BCUT2D eigenvalue weighted by molar-refractivity contribution is 0.207. The maximum absolute atomic E-state index is 10.0. The van der Waals surface area contributed by atoms with E-state index in [1.165, 1.54) is 37.0 Å². The summed E-state index contributed by atoms with van der Waals surface area (Å²) in [5.41, 5.74) is 0.330. The molecule has 0 spiro atoms. The van der Waals surface area contributed by atoms with Crippen LogP contribution >= 0.6 is 22.9 Å². The van der Waals surface area contributed by atoms with Gasteiger partial charge in [-0.1, -0.05) is 11.6 Å². The second-order valence-corrected chi connectivity index (χ2v) is 4.55. The Balaban J connectivity index is 2.36. The zero-order valence-electron chi connectivity index (χ0n) is 8.29. The van der Waals surface area contributed by atoms with Gasteiger partial charge in [0.15, 0.2) is 6.10 Å². The van der Waals surface area contributed by atoms with Crippen LogP contribution in [0.3, 0.4) is 0 Å². The summed E-state index contributed by atoms with van der Waals surface area (Å²) >= 11 is 6.93. The second-order valence-electron chi connectivity index (χ2n) is 2.86. The van der Waals surface area contributed by atoms with Gasteiger partial charge >= 0.3 is 0 Å². The van der Waals surface area contributed by atoms with Gasteiger partial charge in [-0.15, -0.1) is 11.3 Å². The average molecular weight is 258 g/mol. The molecule has 0 aliphatic rings. The van der Waals surface area contributed by atoms with E-state index in [4.69, 9.17) is 16.3 Å². The molecule has 16 heavy (non-hydrogen) atoms. The molecule has 2 rings (SSSR count). The summed E-state index contributed by atoms with van der Waals surface area (Å²) in [6.07, 6.45) is 3.48. The van der Waals surface area contributed by atoms with Crippen LogP contribution in [0.5, 0.6) is 5.88 Å². The predicted molar refractivity (Wildman–Crippen MR) is 59.8 cm³/mol. The van der Waals surface area contributed by atoms with Crippen molar-refractivity contribution in [1.82, 2.24) is 15.0 Å². The highest BCUT2D eigenvalue weighted by molar-refractivity contribution is 7.15. The van der Waals surface area contributed by atoms with Crippen LogP contribution in [0.2, 0.25) is 4.34 Å². The fraction of sp³-hybridized carbons (Fsp3) is 0.222. The number of hydrogen-bond donors (Lipinski definition) is 1. The maximum Gasteiger partial charge on any atom is 0.238 e. The molecule has 1 N–H and O–H groups in total. The molecule has 0 radical (unpaired) electrons. The van der Waals surface area contributed by atoms with Crippen LogP contribution < -0.4 is 4.74 Å². The van der Waals surface area contributed by atoms with E-state index in [0.717, 1.165) is 0 Å². The van der Waals surface area contributed by atoms with Gasteiger partial charge in [-0.2, -0.15) is 0 Å². The molecule has 7 heteroatoms. The minimum absolute atomic E-state index is 0.279. The summed E-state index contributed by atoms with van der Waals surface area (Å²) in [5.74, 6) is 0.279. The number of nitrogens with zero attached hydrogens (tertiary/aromatic N) is 3. The Bertz CT molecular complexity index is 491. The highest BCUT2D eigenvalue weighted by Gasteiger charge is 2.20. The van der Waals surface area contributed by atoms with Crippen LogP contribution in [-0.2, 0) is 0 Å². The maximum atomic E-state index is 10.0. The van der Waals surface area contributed by atoms with Gasteiger partial charge in [0.05, 0.1) is 13.3 Å². The van der Waals surface area contributed by atoms with Gasteiger partial charge < -0.3 is 9.84 Å². The molecule has 2 aromatic rings. The molecule has 2 aromatic heterocycles. The van der Waals surface area contributed by atoms with Gasteiger partial charge in [0.2, 0.25) is 5.88 Å². The molecule has 0 aliphatic heterocycles. The van der Waals surface area contributed by atoms with E-state index in [0.29, 0.717) is 15.0 Å². The highest BCUT2D eigenvalue weighted by atomic mass is 35.5. The van der Waals surface area contributed by atoms with Crippen molar-refractivity contribution in [3.05, 3.63) is 33.6 Å². The molecule has 0 saturated carbocycles. The SMILES string of the molecule is COc1nccnc1C(O)c1ncc(Cl)s1. The topological polar surface area (TPSA) is 68.1 Å². The van der Waals surface area contributed by atoms with Gasteiger partial charge in [0.1, 0.15) is 15.0 Å². The van der Waals surface area contributed by atoms with E-state index in [-0.39, 0.29) is 5.88 Å². The summed E-state index contributed by atoms with van der Waals surface area (Å²) in [7, 11) is 1.47. The fourth-order valence-electron chi connectivity index (χ4n) is 1.19. The zero-order chi connectivity index (χ0) is 11.5. The second kappa shape index (κ2) is 4.73. The summed E-state index contributed by atoms with van der Waals surface area (Å²) < 4.78 is 5.52. The fourth-order valence-corrected chi connectivity index (χ4v) is 2.11. The van der Waals surface area contributed by atoms with Gasteiger partial charge in [-0.3, -0.25) is 4.98 Å². The van der Waals surface area contributed by atoms with Crippen LogP contribution in [0.25, 0.3) is 0 Å². The van der Waals surface area contributed by atoms with Crippen molar-refractivity contribution in [3.63, 3.8) is 0 Å². The first-order chi connectivity index (χ1) is 7.72. The van der Waals surface area contributed by atoms with E-state index in [2.05, 4.69) is 15.0 Å². The smallest absolute Gasteiger partial charge is 0.238 e. The number of hydrogen-bond acceptors (Lipinski definition) is 6. The van der Waals surface area contributed by atoms with E-state index in [1.807, 2.05) is 0 Å². The molecule has 1 unspecified atom stereocenters. The molecule has 5 nitrogen and oxygen atoms in total. The number of thiazole rings is 1. The van der Waals surface area contributed by atoms with Crippen LogP contribution in [0.4, 0.5) is 0 Å². The lowest BCUT2D eigenvalue weighted by Crippen LogP contribution is -2.05. The van der Waals surface area contributed by atoms with Crippen molar-refractivity contribution in [2.45, 2.75) is 6.10 Å². The quantitative estimate of drug-likeness (QED) is 0.906. The van der Waals surface area contributed by atoms with E-state index < -0.39 is 6.10 Å². The first kappa shape index (κ1) is 11.3. The zero-order valence-corrected chi connectivity index (χ0v) is 9.87. The third kappa shape index (κ3) is 2.13. The van der Waals surface area contributed by atoms with Crippen molar-refractivity contribution in [3.8, 4) is 5.88 Å². The van der Waals surface area contributed by atoms with E-state index >= 15 is 0 Å². The third-order valence-electron chi connectivity index (χ3n) is 1.87. The monoisotopic (exact) mass is 257 g/mol. The molecule has 84 valence electrons. The van der Waals surface area contributed by atoms with Crippen LogP contribution in [0.15, 0.2) is 18.6 Å². The Kier molecular flexibility index (Phi) is 3.33. The molecule has 0 fully saturated rings. The summed E-state index contributed by atoms with van der Waals surface area (Å²) in [6.45, 7) is 0. The Morgan fingerprint density at radius 3 is 2.75 bits per heavy atom. The van der Waals surface area contributed by atoms with Gasteiger partial charge in [0, 0.05) is 12.4 Å². The minimum atomic E-state index is -0.971. The van der Waals surface area contributed by atoms with Crippen molar-refractivity contribution in [1.29, 1.82) is 0 Å². The standard InChI is InChI=1S/C9H8ClN3O2S/c1-15-8-6(11-2-3-12-8)7(14)9-13-4-5(10)16-9/h2-4,7,14H,1H3. The molecule has 0 aliphatic carbocycles. The first-order valence-corrected chi connectivity index (χ1v) is 5.56. The minimum Gasteiger partial charge on any atom is -0.480 e. The number of aromatic nitrogens is 3. The lowest BCUT2D eigenvalue weighted by Gasteiger charge is -2.09. The average Bonchev–Trinajstić information content (AvgIpc) is 2.75. The Morgan fingerprint density at radius 2 is 2.12 bits per heavy atom. The van der Waals surface area contributed by atoms with Crippen LogP contribution in [-0.4, -0.2) is 27.2 Å². The van der Waals surface area contributed by atoms with Crippen molar-refractivity contribution in [2.24, 2.45) is 0 Å². The number of ether oxygens (including phenoxy) is 1. The molecule has 1 atom stereocenters. The van der Waals surface area contributed by atoms with Crippen LogP contribution in [0, 0.1) is 0 Å². The molecule has 0 saturated heterocycles. The van der Waals surface area contributed by atoms with Crippen molar-refractivity contribution in [2.75, 3.05) is 7.11 Å². The molecular formula is C9H8ClN3O2S. The van der Waals surface area contributed by atoms with Gasteiger partial charge in [-0.25, -0.2) is 9.97 Å². The molecular weight excluding hydrogens is 250 g/mol. The van der Waals surface area contributed by atoms with Gasteiger partial charge in [0.25, 0.3) is 0 Å². The third-order valence-corrected chi connectivity index (χ3v) is 3.04. The van der Waals surface area contributed by atoms with Crippen molar-refractivity contribution >= 4 is 22.9 Å². The molecule has 2 heterocycles. The molecule has 0 aromatic carbocycles. The number of aliphatic hydroxyl groups is 1.